The predicted octanol–water partition coefficient (Wildman–Crippen LogP) is 8.34. The Labute approximate surface area is 175 Å². The average molecular weight is 407 g/mol. The first kappa shape index (κ1) is 18.8. The molecule has 0 aliphatic heterocycles. The molecule has 0 saturated heterocycles. The van der Waals surface area contributed by atoms with Crippen molar-refractivity contribution in [3.05, 3.63) is 54.6 Å². The van der Waals surface area contributed by atoms with E-state index in [4.69, 9.17) is 0 Å². The molecule has 0 amide bonds. The third-order valence-corrected chi connectivity index (χ3v) is 11.9. The first-order valence-corrected chi connectivity index (χ1v) is 13.6. The van der Waals surface area contributed by atoms with Crippen LogP contribution < -0.4 is 4.62 Å². The summed E-state index contributed by atoms with van der Waals surface area (Å²) in [5.74, 6) is 0. The van der Waals surface area contributed by atoms with Gasteiger partial charge >= 0.3 is 0 Å². The highest BCUT2D eigenvalue weighted by molar-refractivity contribution is 7.73. The third-order valence-electron chi connectivity index (χ3n) is 6.82. The van der Waals surface area contributed by atoms with Crippen molar-refractivity contribution < 1.29 is 0 Å². The average Bonchev–Trinajstić information content (AvgIpc) is 3.25. The van der Waals surface area contributed by atoms with E-state index in [0.29, 0.717) is 0 Å². The highest BCUT2D eigenvalue weighted by atomic mass is 32.1. The molecule has 2 fully saturated rings. The molecule has 2 aliphatic carbocycles. The molecule has 28 heavy (non-hydrogen) atoms. The summed E-state index contributed by atoms with van der Waals surface area (Å²) in [5.41, 5.74) is 3.39. The fraction of sp³-hybridized carbons (Fsp3) is 0.462. The Morgan fingerprint density at radius 1 is 0.643 bits per heavy atom. The van der Waals surface area contributed by atoms with Crippen molar-refractivity contribution >= 4 is 34.6 Å². The Morgan fingerprint density at radius 2 is 1.29 bits per heavy atom. The van der Waals surface area contributed by atoms with Gasteiger partial charge in [0.1, 0.15) is 0 Å². The van der Waals surface area contributed by atoms with Crippen molar-refractivity contribution in [2.24, 2.45) is 0 Å². The van der Waals surface area contributed by atoms with Crippen molar-refractivity contribution in [1.82, 2.24) is 0 Å². The highest BCUT2D eigenvalue weighted by Crippen LogP contribution is 2.56. The van der Waals surface area contributed by atoms with E-state index < -0.39 is 0 Å². The van der Waals surface area contributed by atoms with Gasteiger partial charge in [0.05, 0.1) is 0 Å². The summed E-state index contributed by atoms with van der Waals surface area (Å²) in [6.45, 7) is 0. The van der Waals surface area contributed by atoms with Gasteiger partial charge in [-0.05, 0) is 71.5 Å². The summed E-state index contributed by atoms with van der Waals surface area (Å²) in [4.78, 5) is 1.47. The van der Waals surface area contributed by atoms with Gasteiger partial charge in [0.15, 0.2) is 0 Å². The van der Waals surface area contributed by atoms with Crippen LogP contribution in [0, 0.1) is 0 Å². The summed E-state index contributed by atoms with van der Waals surface area (Å²) < 4.78 is 1.75. The van der Waals surface area contributed by atoms with Gasteiger partial charge in [-0.25, -0.2) is 0 Å². The molecule has 5 rings (SSSR count). The first-order chi connectivity index (χ1) is 13.9. The number of rotatable bonds is 4. The maximum Gasteiger partial charge on any atom is 0.0349 e. The summed E-state index contributed by atoms with van der Waals surface area (Å²) in [7, 11) is 0.0223. The molecule has 0 bridgehead atoms. The number of hydrogen-bond acceptors (Lipinski definition) is 1. The maximum absolute atomic E-state index is 2.52. The fourth-order valence-electron chi connectivity index (χ4n) is 5.34. The second-order valence-electron chi connectivity index (χ2n) is 8.69. The van der Waals surface area contributed by atoms with Crippen molar-refractivity contribution in [3.8, 4) is 10.4 Å². The van der Waals surface area contributed by atoms with E-state index >= 15 is 0 Å². The molecule has 2 aliphatic rings. The quantitative estimate of drug-likeness (QED) is 0.382. The molecule has 0 spiro atoms. The van der Waals surface area contributed by atoms with Crippen LogP contribution in [0.2, 0.25) is 0 Å². The molecular formula is C26H31PS. The zero-order valence-electron chi connectivity index (χ0n) is 16.8. The molecular weight excluding hydrogens is 375 g/mol. The van der Waals surface area contributed by atoms with Crippen molar-refractivity contribution in [2.45, 2.75) is 75.5 Å². The van der Waals surface area contributed by atoms with Crippen LogP contribution in [0.1, 0.15) is 64.2 Å². The zero-order chi connectivity index (χ0) is 18.8. The number of fused-ring (bicyclic) bond motifs is 1. The SMILES string of the molecule is c1ccc2cc(-c3ccc(P(C4CCCCC4)C4CCCCC4)s3)ccc2c1. The molecule has 2 saturated carbocycles. The van der Waals surface area contributed by atoms with Crippen molar-refractivity contribution in [3.63, 3.8) is 0 Å². The number of hydrogen-bond donors (Lipinski definition) is 0. The number of benzene rings is 2. The number of thiophene rings is 1. The lowest BCUT2D eigenvalue weighted by Crippen LogP contribution is -2.24. The minimum Gasteiger partial charge on any atom is -0.135 e. The summed E-state index contributed by atoms with van der Waals surface area (Å²) in [6, 6.07) is 20.7. The normalized spacial score (nSPS) is 19.5. The minimum absolute atomic E-state index is 0.0223. The van der Waals surface area contributed by atoms with Crippen LogP contribution in [0.5, 0.6) is 0 Å². The van der Waals surface area contributed by atoms with Crippen LogP contribution in [0.3, 0.4) is 0 Å². The monoisotopic (exact) mass is 406 g/mol. The molecule has 0 radical (unpaired) electrons. The van der Waals surface area contributed by atoms with Crippen LogP contribution >= 0.6 is 19.3 Å². The van der Waals surface area contributed by atoms with Crippen LogP contribution in [0.25, 0.3) is 21.2 Å². The predicted molar refractivity (Wildman–Crippen MR) is 128 cm³/mol. The molecule has 1 aromatic heterocycles. The van der Waals surface area contributed by atoms with Crippen LogP contribution in [0.15, 0.2) is 54.6 Å². The Bertz CT molecular complexity index is 897. The van der Waals surface area contributed by atoms with E-state index in [0.717, 1.165) is 11.3 Å². The standard InChI is InChI=1S/C26H31PS/c1-3-11-23(12-4-1)27(24-13-5-2-6-14-24)26-18-17-25(28-26)22-16-15-20-9-7-8-10-21(20)19-22/h7-10,15-19,23-24H,1-6,11-14H2. The lowest BCUT2D eigenvalue weighted by atomic mass is 9.99. The lowest BCUT2D eigenvalue weighted by molar-refractivity contribution is 0.487. The van der Waals surface area contributed by atoms with E-state index in [1.165, 1.54) is 85.4 Å². The lowest BCUT2D eigenvalue weighted by Gasteiger charge is -2.37. The van der Waals surface area contributed by atoms with Gasteiger partial charge in [-0.15, -0.1) is 11.3 Å². The Balaban J connectivity index is 1.46. The molecule has 146 valence electrons. The van der Waals surface area contributed by atoms with E-state index in [-0.39, 0.29) is 7.92 Å². The summed E-state index contributed by atoms with van der Waals surface area (Å²) in [6.07, 6.45) is 14.8. The van der Waals surface area contributed by atoms with Gasteiger partial charge in [0.25, 0.3) is 0 Å². The molecule has 0 atom stereocenters. The van der Waals surface area contributed by atoms with Gasteiger partial charge in [-0.2, -0.15) is 0 Å². The van der Waals surface area contributed by atoms with E-state index in [1.54, 1.807) is 4.62 Å². The molecule has 3 aromatic rings. The Kier molecular flexibility index (Phi) is 5.84. The van der Waals surface area contributed by atoms with Crippen LogP contribution in [0.4, 0.5) is 0 Å². The molecule has 0 N–H and O–H groups in total. The van der Waals surface area contributed by atoms with Gasteiger partial charge in [-0.3, -0.25) is 0 Å². The van der Waals surface area contributed by atoms with Crippen molar-refractivity contribution in [1.29, 1.82) is 0 Å². The second-order valence-corrected chi connectivity index (χ2v) is 12.8. The summed E-state index contributed by atoms with van der Waals surface area (Å²) in [5, 5.41) is 2.70. The smallest absolute Gasteiger partial charge is 0.0349 e. The second kappa shape index (κ2) is 8.68. The Morgan fingerprint density at radius 3 is 1.96 bits per heavy atom. The minimum atomic E-state index is 0.0223. The summed E-state index contributed by atoms with van der Waals surface area (Å²) >= 11 is 2.12. The fourth-order valence-corrected chi connectivity index (χ4v) is 11.1. The molecule has 2 heteroatoms. The van der Waals surface area contributed by atoms with Crippen LogP contribution in [-0.4, -0.2) is 11.3 Å². The van der Waals surface area contributed by atoms with Gasteiger partial charge in [-0.1, -0.05) is 82.8 Å². The van der Waals surface area contributed by atoms with Gasteiger partial charge < -0.3 is 0 Å². The van der Waals surface area contributed by atoms with Crippen LogP contribution in [-0.2, 0) is 0 Å². The molecule has 1 heterocycles. The largest absolute Gasteiger partial charge is 0.135 e. The van der Waals surface area contributed by atoms with Gasteiger partial charge in [0, 0.05) is 9.50 Å². The third kappa shape index (κ3) is 3.94. The topological polar surface area (TPSA) is 0 Å². The molecule has 0 nitrogen and oxygen atoms in total. The van der Waals surface area contributed by atoms with Gasteiger partial charge in [0.2, 0.25) is 0 Å². The van der Waals surface area contributed by atoms with E-state index in [1.807, 2.05) is 0 Å². The van der Waals surface area contributed by atoms with Crippen molar-refractivity contribution in [2.75, 3.05) is 0 Å². The zero-order valence-corrected chi connectivity index (χ0v) is 18.5. The Hall–Kier alpha value is -1.17. The molecule has 0 unspecified atom stereocenters. The molecule has 2 aromatic carbocycles. The van der Waals surface area contributed by atoms with E-state index in [2.05, 4.69) is 65.9 Å². The maximum atomic E-state index is 2.52. The van der Waals surface area contributed by atoms with E-state index in [9.17, 15) is 0 Å². The highest BCUT2D eigenvalue weighted by Gasteiger charge is 2.33. The first-order valence-electron chi connectivity index (χ1n) is 11.3.